The second-order valence-electron chi connectivity index (χ2n) is 8.29. The third-order valence-electron chi connectivity index (χ3n) is 5.41. The number of carbonyl (C=O) groups excluding carboxylic acids is 2. The zero-order valence-electron chi connectivity index (χ0n) is 19.0. The van der Waals surface area contributed by atoms with Gasteiger partial charge in [-0.1, -0.05) is 18.2 Å². The van der Waals surface area contributed by atoms with Crippen molar-refractivity contribution in [3.8, 4) is 5.75 Å². The molecule has 0 spiro atoms. The highest BCUT2D eigenvalue weighted by molar-refractivity contribution is 7.12. The standard InChI is InChI=1S/C26H26N2O4S/c1-16(2)32-20-13-11-19(12-14-20)28-23(17-7-9-18(10-8-17)27(3)4)22(25(30)26(28)31)24(29)21-6-5-15-33-21/h5-16,23,30H,1-4H3. The molecule has 0 fully saturated rings. The van der Waals surface area contributed by atoms with Gasteiger partial charge in [-0.25, -0.2) is 0 Å². The second kappa shape index (κ2) is 9.11. The number of Topliss-reactive ketones (excluding diaryl/α,β-unsaturated/α-hetero) is 1. The monoisotopic (exact) mass is 462 g/mol. The van der Waals surface area contributed by atoms with E-state index in [0.717, 1.165) is 11.3 Å². The van der Waals surface area contributed by atoms with Crippen molar-refractivity contribution in [2.24, 2.45) is 0 Å². The van der Waals surface area contributed by atoms with Crippen molar-refractivity contribution in [2.45, 2.75) is 26.0 Å². The molecule has 33 heavy (non-hydrogen) atoms. The van der Waals surface area contributed by atoms with Crippen LogP contribution in [-0.4, -0.2) is 37.0 Å². The molecule has 170 valence electrons. The minimum absolute atomic E-state index is 0.0213. The first-order valence-electron chi connectivity index (χ1n) is 10.7. The van der Waals surface area contributed by atoms with E-state index in [4.69, 9.17) is 4.74 Å². The van der Waals surface area contributed by atoms with Gasteiger partial charge in [0, 0.05) is 25.5 Å². The van der Waals surface area contributed by atoms with Crippen molar-refractivity contribution in [3.05, 3.63) is 87.8 Å². The van der Waals surface area contributed by atoms with Gasteiger partial charge in [-0.2, -0.15) is 0 Å². The molecule has 0 bridgehead atoms. The van der Waals surface area contributed by atoms with Crippen molar-refractivity contribution >= 4 is 34.4 Å². The number of ketones is 1. The Balaban J connectivity index is 1.80. The van der Waals surface area contributed by atoms with Gasteiger partial charge in [0.1, 0.15) is 5.75 Å². The molecule has 7 heteroatoms. The van der Waals surface area contributed by atoms with Crippen molar-refractivity contribution in [1.82, 2.24) is 0 Å². The highest BCUT2D eigenvalue weighted by atomic mass is 32.1. The molecule has 1 aromatic heterocycles. The summed E-state index contributed by atoms with van der Waals surface area (Å²) in [5.74, 6) is -0.786. The molecule has 0 aliphatic carbocycles. The minimum Gasteiger partial charge on any atom is -0.503 e. The number of anilines is 2. The van der Waals surface area contributed by atoms with Crippen LogP contribution in [0.3, 0.4) is 0 Å². The van der Waals surface area contributed by atoms with Crippen LogP contribution in [0.15, 0.2) is 77.4 Å². The fourth-order valence-corrected chi connectivity index (χ4v) is 4.55. The highest BCUT2D eigenvalue weighted by Gasteiger charge is 2.44. The summed E-state index contributed by atoms with van der Waals surface area (Å²) < 4.78 is 5.71. The average molecular weight is 463 g/mol. The number of ether oxygens (including phenoxy) is 1. The van der Waals surface area contributed by atoms with Crippen LogP contribution in [0, 0.1) is 0 Å². The van der Waals surface area contributed by atoms with Gasteiger partial charge in [0.15, 0.2) is 5.76 Å². The SMILES string of the molecule is CC(C)Oc1ccc(N2C(=O)C(O)=C(C(=O)c3cccs3)C2c2ccc(N(C)C)cc2)cc1. The lowest BCUT2D eigenvalue weighted by molar-refractivity contribution is -0.117. The molecule has 0 saturated carbocycles. The zero-order chi connectivity index (χ0) is 23.7. The van der Waals surface area contributed by atoms with Crippen LogP contribution >= 0.6 is 11.3 Å². The first kappa shape index (κ1) is 22.6. The number of benzene rings is 2. The lowest BCUT2D eigenvalue weighted by Crippen LogP contribution is -2.31. The number of aliphatic hydroxyl groups is 1. The Morgan fingerprint density at radius 2 is 1.73 bits per heavy atom. The number of hydrogen-bond donors (Lipinski definition) is 1. The van der Waals surface area contributed by atoms with Crippen LogP contribution in [0.4, 0.5) is 11.4 Å². The topological polar surface area (TPSA) is 70.1 Å². The molecule has 2 aromatic carbocycles. The second-order valence-corrected chi connectivity index (χ2v) is 9.24. The molecule has 0 saturated heterocycles. The average Bonchev–Trinajstić information content (AvgIpc) is 3.41. The largest absolute Gasteiger partial charge is 0.503 e. The molecule has 3 aromatic rings. The van der Waals surface area contributed by atoms with Gasteiger partial charge in [0.2, 0.25) is 5.78 Å². The molecule has 2 heterocycles. The summed E-state index contributed by atoms with van der Waals surface area (Å²) >= 11 is 1.28. The van der Waals surface area contributed by atoms with Gasteiger partial charge in [-0.15, -0.1) is 11.3 Å². The van der Waals surface area contributed by atoms with Crippen molar-refractivity contribution < 1.29 is 19.4 Å². The van der Waals surface area contributed by atoms with Crippen LogP contribution in [-0.2, 0) is 4.79 Å². The first-order chi connectivity index (χ1) is 15.8. The third kappa shape index (κ3) is 4.36. The van der Waals surface area contributed by atoms with E-state index < -0.39 is 17.7 Å². The molecule has 1 aliphatic heterocycles. The van der Waals surface area contributed by atoms with Gasteiger partial charge < -0.3 is 14.7 Å². The van der Waals surface area contributed by atoms with Crippen molar-refractivity contribution in [2.75, 3.05) is 23.9 Å². The van der Waals surface area contributed by atoms with E-state index in [0.29, 0.717) is 16.3 Å². The molecular weight excluding hydrogens is 436 g/mol. The highest BCUT2D eigenvalue weighted by Crippen LogP contribution is 2.43. The van der Waals surface area contributed by atoms with E-state index in [2.05, 4.69) is 0 Å². The predicted octanol–water partition coefficient (Wildman–Crippen LogP) is 5.38. The summed E-state index contributed by atoms with van der Waals surface area (Å²) in [4.78, 5) is 30.5. The molecular formula is C26H26N2O4S. The van der Waals surface area contributed by atoms with Gasteiger partial charge in [-0.05, 0) is 67.3 Å². The van der Waals surface area contributed by atoms with E-state index in [1.165, 1.54) is 16.2 Å². The molecule has 1 atom stereocenters. The maximum Gasteiger partial charge on any atom is 0.294 e. The zero-order valence-corrected chi connectivity index (χ0v) is 19.8. The summed E-state index contributed by atoms with van der Waals surface area (Å²) in [7, 11) is 3.89. The Morgan fingerprint density at radius 1 is 1.06 bits per heavy atom. The van der Waals surface area contributed by atoms with Gasteiger partial charge >= 0.3 is 0 Å². The maximum atomic E-state index is 13.4. The summed E-state index contributed by atoms with van der Waals surface area (Å²) in [5.41, 5.74) is 2.38. The van der Waals surface area contributed by atoms with E-state index in [-0.39, 0.29) is 17.5 Å². The smallest absolute Gasteiger partial charge is 0.294 e. The van der Waals surface area contributed by atoms with Crippen LogP contribution < -0.4 is 14.5 Å². The van der Waals surface area contributed by atoms with Crippen LogP contribution in [0.25, 0.3) is 0 Å². The number of carbonyl (C=O) groups is 2. The third-order valence-corrected chi connectivity index (χ3v) is 6.28. The maximum absolute atomic E-state index is 13.4. The minimum atomic E-state index is -0.750. The Labute approximate surface area is 197 Å². The van der Waals surface area contributed by atoms with E-state index in [1.54, 1.807) is 41.8 Å². The Morgan fingerprint density at radius 3 is 2.27 bits per heavy atom. The van der Waals surface area contributed by atoms with Crippen molar-refractivity contribution in [3.63, 3.8) is 0 Å². The summed E-state index contributed by atoms with van der Waals surface area (Å²) in [6, 6.07) is 17.5. The molecule has 6 nitrogen and oxygen atoms in total. The number of hydrogen-bond acceptors (Lipinski definition) is 6. The lowest BCUT2D eigenvalue weighted by Gasteiger charge is -2.27. The number of nitrogens with zero attached hydrogens (tertiary/aromatic N) is 2. The summed E-state index contributed by atoms with van der Waals surface area (Å²) in [6.45, 7) is 3.88. The number of aliphatic hydroxyl groups excluding tert-OH is 1. The van der Waals surface area contributed by atoms with E-state index in [1.807, 2.05) is 57.1 Å². The fraction of sp³-hybridized carbons (Fsp3) is 0.231. The Bertz CT molecular complexity index is 1180. The number of thiophene rings is 1. The number of rotatable bonds is 7. The Hall–Kier alpha value is -3.58. The van der Waals surface area contributed by atoms with Crippen LogP contribution in [0.5, 0.6) is 5.75 Å². The van der Waals surface area contributed by atoms with E-state index >= 15 is 0 Å². The number of amides is 1. The van der Waals surface area contributed by atoms with Gasteiger partial charge in [0.25, 0.3) is 5.91 Å². The molecule has 1 aliphatic rings. The first-order valence-corrected chi connectivity index (χ1v) is 11.5. The molecule has 1 N–H and O–H groups in total. The molecule has 0 radical (unpaired) electrons. The predicted molar refractivity (Wildman–Crippen MR) is 132 cm³/mol. The van der Waals surface area contributed by atoms with Crippen molar-refractivity contribution in [1.29, 1.82) is 0 Å². The van der Waals surface area contributed by atoms with Gasteiger partial charge in [0.05, 0.1) is 22.6 Å². The van der Waals surface area contributed by atoms with Crippen LogP contribution in [0.2, 0.25) is 0 Å². The van der Waals surface area contributed by atoms with Crippen LogP contribution in [0.1, 0.15) is 35.1 Å². The molecule has 4 rings (SSSR count). The Kier molecular flexibility index (Phi) is 6.24. The van der Waals surface area contributed by atoms with E-state index in [9.17, 15) is 14.7 Å². The fourth-order valence-electron chi connectivity index (χ4n) is 3.87. The van der Waals surface area contributed by atoms with Gasteiger partial charge in [-0.3, -0.25) is 14.5 Å². The molecule has 1 unspecified atom stereocenters. The quantitative estimate of drug-likeness (QED) is 0.477. The molecule has 1 amide bonds. The summed E-state index contributed by atoms with van der Waals surface area (Å²) in [6.07, 6.45) is 0.0213. The summed E-state index contributed by atoms with van der Waals surface area (Å²) in [5, 5.41) is 12.6. The normalized spacial score (nSPS) is 16.0. The lowest BCUT2D eigenvalue weighted by atomic mass is 9.95.